The molecule has 0 bridgehead atoms. The Hall–Kier alpha value is -4.45. The average Bonchev–Trinajstić information content (AvgIpc) is 2.79. The number of ether oxygens (including phenoxy) is 2. The summed E-state index contributed by atoms with van der Waals surface area (Å²) in [5.41, 5.74) is 4.47. The Morgan fingerprint density at radius 3 is 2.06 bits per heavy atom. The van der Waals surface area contributed by atoms with Crippen LogP contribution in [0.25, 0.3) is 0 Å². The molecule has 1 aliphatic rings. The van der Waals surface area contributed by atoms with Gasteiger partial charge in [0, 0.05) is 32.1 Å². The summed E-state index contributed by atoms with van der Waals surface area (Å²) in [5, 5.41) is 12.0. The van der Waals surface area contributed by atoms with Crippen LogP contribution in [0.1, 0.15) is 32.8 Å². The molecule has 3 rings (SSSR count). The largest absolute Gasteiger partial charge is 0.465 e. The molecule has 1 heterocycles. The van der Waals surface area contributed by atoms with Crippen molar-refractivity contribution in [3.8, 4) is 11.5 Å². The van der Waals surface area contributed by atoms with E-state index in [1.165, 1.54) is 18.2 Å². The first-order valence-electron chi connectivity index (χ1n) is 11.0. The maximum Gasteiger partial charge on any atom is 0.405 e. The number of esters is 2. The molecule has 0 aromatic heterocycles. The van der Waals surface area contributed by atoms with Gasteiger partial charge in [-0.25, -0.2) is 9.59 Å². The van der Waals surface area contributed by atoms with Crippen molar-refractivity contribution in [2.75, 3.05) is 11.4 Å². The van der Waals surface area contributed by atoms with Crippen molar-refractivity contribution in [3.05, 3.63) is 54.1 Å². The first-order chi connectivity index (χ1) is 17.0. The highest BCUT2D eigenvalue weighted by atomic mass is 16.5. The first kappa shape index (κ1) is 26.2. The summed E-state index contributed by atoms with van der Waals surface area (Å²) < 4.78 is 10.3. The first-order valence-corrected chi connectivity index (χ1v) is 11.0. The normalized spacial score (nSPS) is 19.6. The molecule has 1 fully saturated rings. The molecule has 1 saturated heterocycles. The van der Waals surface area contributed by atoms with E-state index in [0.717, 1.165) is 23.6 Å². The summed E-state index contributed by atoms with van der Waals surface area (Å²) >= 11 is 0. The van der Waals surface area contributed by atoms with Crippen molar-refractivity contribution in [1.29, 1.82) is 0 Å². The molecule has 2 aromatic carbocycles. The van der Waals surface area contributed by atoms with Crippen LogP contribution in [0.2, 0.25) is 0 Å². The third kappa shape index (κ3) is 4.98. The smallest absolute Gasteiger partial charge is 0.405 e. The third-order valence-corrected chi connectivity index (χ3v) is 5.39. The number of urea groups is 1. The fourth-order valence-corrected chi connectivity index (χ4v) is 4.06. The van der Waals surface area contributed by atoms with Gasteiger partial charge in [-0.05, 0) is 36.2 Å². The summed E-state index contributed by atoms with van der Waals surface area (Å²) in [4.78, 5) is 64.6. The van der Waals surface area contributed by atoms with Gasteiger partial charge in [0.25, 0.3) is 5.91 Å². The quantitative estimate of drug-likeness (QED) is 0.382. The molecule has 1 aliphatic heterocycles. The number of hydrogen-bond donors (Lipinski definition) is 3. The van der Waals surface area contributed by atoms with Crippen LogP contribution in [0.5, 0.6) is 11.5 Å². The molecule has 12 nitrogen and oxygen atoms in total. The van der Waals surface area contributed by atoms with Crippen LogP contribution in [0.15, 0.2) is 48.5 Å². The fraction of sp³-hybridized carbons (Fsp3) is 0.292. The lowest BCUT2D eigenvalue weighted by Gasteiger charge is -2.50. The number of carbonyl (C=O) groups is 5. The van der Waals surface area contributed by atoms with Crippen LogP contribution in [-0.2, 0) is 19.9 Å². The molecule has 190 valence electrons. The molecule has 4 amide bonds. The van der Waals surface area contributed by atoms with E-state index in [9.17, 15) is 29.1 Å². The third-order valence-electron chi connectivity index (χ3n) is 5.39. The molecule has 36 heavy (non-hydrogen) atoms. The molecular weight excluding hydrogens is 472 g/mol. The molecule has 4 N–H and O–H groups in total. The van der Waals surface area contributed by atoms with Gasteiger partial charge in [-0.3, -0.25) is 24.2 Å². The number of benzene rings is 2. The lowest BCUT2D eigenvalue weighted by molar-refractivity contribution is -0.138. The van der Waals surface area contributed by atoms with Crippen molar-refractivity contribution >= 4 is 35.7 Å². The molecular formula is C24H26N4O8. The van der Waals surface area contributed by atoms with Crippen LogP contribution in [0, 0.1) is 0 Å². The number of nitrogens with zero attached hydrogens (tertiary/aromatic N) is 2. The number of carbonyl (C=O) groups excluding carboxylic acids is 4. The predicted octanol–water partition coefficient (Wildman–Crippen LogP) is 2.16. The van der Waals surface area contributed by atoms with Gasteiger partial charge in [0.2, 0.25) is 0 Å². The van der Waals surface area contributed by atoms with E-state index < -0.39 is 41.7 Å². The van der Waals surface area contributed by atoms with Gasteiger partial charge in [-0.15, -0.1) is 0 Å². The molecule has 2 unspecified atom stereocenters. The highest BCUT2D eigenvalue weighted by Gasteiger charge is 2.59. The van der Waals surface area contributed by atoms with Gasteiger partial charge in [0.1, 0.15) is 17.7 Å². The molecule has 2 atom stereocenters. The number of rotatable bonds is 7. The van der Waals surface area contributed by atoms with Crippen LogP contribution in [0.3, 0.4) is 0 Å². The van der Waals surface area contributed by atoms with E-state index in [0.29, 0.717) is 12.1 Å². The van der Waals surface area contributed by atoms with Crippen LogP contribution < -0.4 is 25.4 Å². The zero-order valence-corrected chi connectivity index (χ0v) is 19.9. The van der Waals surface area contributed by atoms with Gasteiger partial charge >= 0.3 is 24.1 Å². The molecule has 0 saturated carbocycles. The number of nitrogens with two attached hydrogens (primary N) is 1. The summed E-state index contributed by atoms with van der Waals surface area (Å²) in [6.45, 7) is 3.99. The Morgan fingerprint density at radius 2 is 1.58 bits per heavy atom. The standard InChI is InChI=1S/C24H26N4O8/c1-4-10-27-21(31)24(26-22(32)33,20(25)28(23(27)34)17-8-6-5-7-9-17)16-11-18(35-14(2)29)13-19(12-16)36-15(3)30/h5-9,11-13,20,26H,4,10,25H2,1-3H3,(H,32,33). The SMILES string of the molecule is CCCN1C(=O)N(c2ccccc2)C(N)C(NC(=O)O)(c2cc(OC(C)=O)cc(OC(C)=O)c2)C1=O. The molecule has 12 heteroatoms. The van der Waals surface area contributed by atoms with Gasteiger partial charge in [0.05, 0.1) is 0 Å². The Bertz CT molecular complexity index is 1170. The van der Waals surface area contributed by atoms with Crippen molar-refractivity contribution < 1.29 is 38.6 Å². The summed E-state index contributed by atoms with van der Waals surface area (Å²) in [7, 11) is 0. The highest BCUT2D eigenvalue weighted by molar-refractivity contribution is 6.11. The monoisotopic (exact) mass is 498 g/mol. The predicted molar refractivity (Wildman–Crippen MR) is 126 cm³/mol. The second-order valence-corrected chi connectivity index (χ2v) is 8.01. The van der Waals surface area contributed by atoms with Crippen molar-refractivity contribution in [2.24, 2.45) is 5.73 Å². The Morgan fingerprint density at radius 1 is 1.03 bits per heavy atom. The van der Waals surface area contributed by atoms with Gasteiger partial charge in [-0.1, -0.05) is 25.1 Å². The number of carboxylic acid groups (broad SMARTS) is 1. The minimum absolute atomic E-state index is 0.0305. The maximum atomic E-state index is 13.9. The van der Waals surface area contributed by atoms with Crippen molar-refractivity contribution in [2.45, 2.75) is 38.9 Å². The molecule has 0 aliphatic carbocycles. The van der Waals surface area contributed by atoms with Gasteiger partial charge < -0.3 is 25.6 Å². The number of imide groups is 1. The van der Waals surface area contributed by atoms with Crippen LogP contribution >= 0.6 is 0 Å². The lowest BCUT2D eigenvalue weighted by Crippen LogP contribution is -2.77. The summed E-state index contributed by atoms with van der Waals surface area (Å²) in [6, 6.07) is 11.1. The average molecular weight is 498 g/mol. The number of anilines is 1. The zero-order valence-electron chi connectivity index (χ0n) is 19.9. The number of para-hydroxylation sites is 1. The fourth-order valence-electron chi connectivity index (χ4n) is 4.06. The summed E-state index contributed by atoms with van der Waals surface area (Å²) in [5.74, 6) is -2.63. The van der Waals surface area contributed by atoms with Crippen molar-refractivity contribution in [1.82, 2.24) is 10.2 Å². The maximum absolute atomic E-state index is 13.9. The summed E-state index contributed by atoms with van der Waals surface area (Å²) in [6.07, 6.45) is -2.81. The van der Waals surface area contributed by atoms with Crippen LogP contribution in [0.4, 0.5) is 15.3 Å². The molecule has 0 spiro atoms. The van der Waals surface area contributed by atoms with Gasteiger partial charge in [0.15, 0.2) is 5.54 Å². The minimum Gasteiger partial charge on any atom is -0.465 e. The number of hydrogen-bond acceptors (Lipinski definition) is 8. The second kappa shape index (κ2) is 10.4. The van der Waals surface area contributed by atoms with E-state index in [1.807, 2.05) is 0 Å². The minimum atomic E-state index is -2.27. The topological polar surface area (TPSA) is 169 Å². The van der Waals surface area contributed by atoms with E-state index in [1.54, 1.807) is 37.3 Å². The second-order valence-electron chi connectivity index (χ2n) is 8.01. The lowest BCUT2D eigenvalue weighted by atomic mass is 9.82. The number of amides is 4. The van der Waals surface area contributed by atoms with E-state index >= 15 is 0 Å². The van der Waals surface area contributed by atoms with Crippen LogP contribution in [-0.4, -0.2) is 52.7 Å². The van der Waals surface area contributed by atoms with E-state index in [2.05, 4.69) is 5.32 Å². The Balaban J connectivity index is 2.34. The Kier molecular flexibility index (Phi) is 7.59. The number of nitrogens with one attached hydrogen (secondary N) is 1. The van der Waals surface area contributed by atoms with Gasteiger partial charge in [-0.2, -0.15) is 0 Å². The Labute approximate surface area is 206 Å². The van der Waals surface area contributed by atoms with Crippen molar-refractivity contribution in [3.63, 3.8) is 0 Å². The van der Waals surface area contributed by atoms with E-state index in [4.69, 9.17) is 15.2 Å². The highest BCUT2D eigenvalue weighted by Crippen LogP contribution is 2.39. The zero-order chi connectivity index (χ0) is 26.6. The molecule has 0 radical (unpaired) electrons. The van der Waals surface area contributed by atoms with E-state index in [-0.39, 0.29) is 23.6 Å². The molecule has 2 aromatic rings.